The van der Waals surface area contributed by atoms with Crippen molar-refractivity contribution in [2.45, 2.75) is 0 Å². The summed E-state index contributed by atoms with van der Waals surface area (Å²) < 4.78 is 6.94. The number of hydrogen-bond donors (Lipinski definition) is 0. The Labute approximate surface area is 349 Å². The Balaban J connectivity index is 1.12. The van der Waals surface area contributed by atoms with E-state index in [1.165, 1.54) is 49.9 Å². The van der Waals surface area contributed by atoms with Crippen LogP contribution in [0.5, 0.6) is 0 Å². The Morgan fingerprint density at radius 1 is 0.267 bits per heavy atom. The second-order valence-corrected chi connectivity index (χ2v) is 15.3. The third kappa shape index (κ3) is 6.41. The molecule has 0 aliphatic heterocycles. The van der Waals surface area contributed by atoms with Gasteiger partial charge in [-0.25, -0.2) is 0 Å². The molecular formula is C58H39NO. The van der Waals surface area contributed by atoms with Crippen molar-refractivity contribution in [3.8, 4) is 55.6 Å². The first-order valence-corrected chi connectivity index (χ1v) is 20.5. The molecule has 0 radical (unpaired) electrons. The maximum atomic E-state index is 6.94. The first kappa shape index (κ1) is 35.2. The summed E-state index contributed by atoms with van der Waals surface area (Å²) in [6.07, 6.45) is 0. The van der Waals surface area contributed by atoms with Crippen LogP contribution in [0.4, 0.5) is 17.1 Å². The molecule has 11 aromatic rings. The summed E-state index contributed by atoms with van der Waals surface area (Å²) in [7, 11) is 0. The van der Waals surface area contributed by atoms with E-state index in [1.54, 1.807) is 0 Å². The van der Waals surface area contributed by atoms with Crippen LogP contribution in [0.2, 0.25) is 0 Å². The van der Waals surface area contributed by atoms with Gasteiger partial charge in [0.15, 0.2) is 0 Å². The van der Waals surface area contributed by atoms with E-state index < -0.39 is 0 Å². The summed E-state index contributed by atoms with van der Waals surface area (Å²) in [6.45, 7) is 0. The van der Waals surface area contributed by atoms with Crippen molar-refractivity contribution in [3.63, 3.8) is 0 Å². The molecule has 10 aromatic carbocycles. The summed E-state index contributed by atoms with van der Waals surface area (Å²) in [5.74, 6) is 0. The fourth-order valence-electron chi connectivity index (χ4n) is 8.76. The van der Waals surface area contributed by atoms with Crippen LogP contribution in [0.15, 0.2) is 241 Å². The average Bonchev–Trinajstić information content (AvgIpc) is 3.72. The minimum absolute atomic E-state index is 0.847. The highest BCUT2D eigenvalue weighted by Crippen LogP contribution is 2.47. The summed E-state index contributed by atoms with van der Waals surface area (Å²) in [5, 5.41) is 4.52. The molecule has 0 saturated carbocycles. The SMILES string of the molecule is c1ccc(-c2ccc(N(c3ccc(-c4ccccc4)cc3)c3cccc4oc5cc(-c6cc(-c7ccccc7)cc(-c7ccccc7)c6)c6ccccc6c5c34)cc2)cc1. The lowest BCUT2D eigenvalue weighted by Gasteiger charge is -2.27. The molecule has 2 nitrogen and oxygen atoms in total. The largest absolute Gasteiger partial charge is 0.456 e. The molecule has 60 heavy (non-hydrogen) atoms. The molecule has 0 aliphatic rings. The molecule has 0 saturated heterocycles. The molecule has 0 aliphatic carbocycles. The van der Waals surface area contributed by atoms with E-state index in [0.29, 0.717) is 0 Å². The van der Waals surface area contributed by atoms with E-state index in [1.807, 2.05) is 0 Å². The second kappa shape index (κ2) is 15.1. The highest BCUT2D eigenvalue weighted by Gasteiger charge is 2.23. The van der Waals surface area contributed by atoms with Crippen molar-refractivity contribution in [2.75, 3.05) is 4.90 Å². The molecular weight excluding hydrogens is 727 g/mol. The summed E-state index contributed by atoms with van der Waals surface area (Å²) in [4.78, 5) is 2.37. The zero-order chi connectivity index (χ0) is 39.8. The Bertz CT molecular complexity index is 3120. The number of anilines is 3. The number of benzene rings is 10. The lowest BCUT2D eigenvalue weighted by atomic mass is 9.90. The van der Waals surface area contributed by atoms with Crippen molar-refractivity contribution in [1.82, 2.24) is 0 Å². The van der Waals surface area contributed by atoms with E-state index in [9.17, 15) is 0 Å². The van der Waals surface area contributed by atoms with E-state index in [0.717, 1.165) is 55.5 Å². The molecule has 0 N–H and O–H groups in total. The molecule has 0 spiro atoms. The second-order valence-electron chi connectivity index (χ2n) is 15.3. The fourth-order valence-corrected chi connectivity index (χ4v) is 8.76. The van der Waals surface area contributed by atoms with E-state index in [2.05, 4.69) is 241 Å². The lowest BCUT2D eigenvalue weighted by molar-refractivity contribution is 0.669. The van der Waals surface area contributed by atoms with Gasteiger partial charge >= 0.3 is 0 Å². The fraction of sp³-hybridized carbons (Fsp3) is 0. The van der Waals surface area contributed by atoms with Gasteiger partial charge < -0.3 is 9.32 Å². The number of hydrogen-bond acceptors (Lipinski definition) is 2. The molecule has 0 bridgehead atoms. The zero-order valence-corrected chi connectivity index (χ0v) is 32.9. The number of fused-ring (bicyclic) bond motifs is 5. The van der Waals surface area contributed by atoms with Crippen LogP contribution in [0.25, 0.3) is 88.3 Å². The van der Waals surface area contributed by atoms with E-state index in [-0.39, 0.29) is 0 Å². The number of nitrogens with zero attached hydrogens (tertiary/aromatic N) is 1. The van der Waals surface area contributed by atoms with Crippen LogP contribution < -0.4 is 4.90 Å². The molecule has 11 rings (SSSR count). The highest BCUT2D eigenvalue weighted by molar-refractivity contribution is 6.25. The van der Waals surface area contributed by atoms with Gasteiger partial charge in [-0.1, -0.05) is 176 Å². The van der Waals surface area contributed by atoms with Crippen LogP contribution in [-0.2, 0) is 0 Å². The Morgan fingerprint density at radius 3 is 1.18 bits per heavy atom. The predicted molar refractivity (Wildman–Crippen MR) is 253 cm³/mol. The van der Waals surface area contributed by atoms with Gasteiger partial charge in [0.05, 0.1) is 11.1 Å². The first-order valence-electron chi connectivity index (χ1n) is 20.5. The standard InChI is InChI=1S/C58H39NO/c1-5-16-40(17-6-1)44-28-32-49(33-29-44)59(50-34-30-45(31-35-50)41-18-7-2-8-19-41)54-26-15-27-55-58(54)57-52-25-14-13-24-51(52)53(39-56(57)60-55)48-37-46(42-20-9-3-10-21-42)36-47(38-48)43-22-11-4-12-23-43/h1-39H. The monoisotopic (exact) mass is 765 g/mol. The van der Waals surface area contributed by atoms with Crippen molar-refractivity contribution < 1.29 is 4.42 Å². The van der Waals surface area contributed by atoms with Crippen LogP contribution in [0, 0.1) is 0 Å². The predicted octanol–water partition coefficient (Wildman–Crippen LogP) is 16.5. The molecule has 1 heterocycles. The Hall–Kier alpha value is -7.94. The third-order valence-corrected chi connectivity index (χ3v) is 11.6. The van der Waals surface area contributed by atoms with Crippen LogP contribution in [-0.4, -0.2) is 0 Å². The van der Waals surface area contributed by atoms with Crippen molar-refractivity contribution in [1.29, 1.82) is 0 Å². The molecule has 0 atom stereocenters. The van der Waals surface area contributed by atoms with E-state index >= 15 is 0 Å². The van der Waals surface area contributed by atoms with Crippen molar-refractivity contribution in [3.05, 3.63) is 237 Å². The number of furan rings is 1. The summed E-state index contributed by atoms with van der Waals surface area (Å²) in [6, 6.07) is 84.7. The topological polar surface area (TPSA) is 16.4 Å². The zero-order valence-electron chi connectivity index (χ0n) is 32.9. The quantitative estimate of drug-likeness (QED) is 0.153. The van der Waals surface area contributed by atoms with E-state index in [4.69, 9.17) is 4.42 Å². The van der Waals surface area contributed by atoms with Gasteiger partial charge in [0.2, 0.25) is 0 Å². The van der Waals surface area contributed by atoms with Gasteiger partial charge in [-0.15, -0.1) is 0 Å². The maximum absolute atomic E-state index is 6.94. The minimum Gasteiger partial charge on any atom is -0.456 e. The molecule has 2 heteroatoms. The summed E-state index contributed by atoms with van der Waals surface area (Å²) >= 11 is 0. The molecule has 282 valence electrons. The first-order chi connectivity index (χ1) is 29.7. The van der Waals surface area contributed by atoms with Gasteiger partial charge in [0, 0.05) is 16.8 Å². The molecule has 1 aromatic heterocycles. The van der Waals surface area contributed by atoms with Gasteiger partial charge in [-0.3, -0.25) is 0 Å². The van der Waals surface area contributed by atoms with Crippen molar-refractivity contribution >= 4 is 49.8 Å². The lowest BCUT2D eigenvalue weighted by Crippen LogP contribution is -2.10. The van der Waals surface area contributed by atoms with Gasteiger partial charge in [0.1, 0.15) is 11.2 Å². The minimum atomic E-state index is 0.847. The molecule has 0 amide bonds. The van der Waals surface area contributed by atoms with Gasteiger partial charge in [0.25, 0.3) is 0 Å². The normalized spacial score (nSPS) is 11.3. The van der Waals surface area contributed by atoms with Crippen LogP contribution >= 0.6 is 0 Å². The van der Waals surface area contributed by atoms with Crippen LogP contribution in [0.1, 0.15) is 0 Å². The van der Waals surface area contributed by atoms with Gasteiger partial charge in [-0.05, 0) is 127 Å². The summed E-state index contributed by atoms with van der Waals surface area (Å²) in [5.41, 5.74) is 16.6. The Morgan fingerprint density at radius 2 is 0.683 bits per heavy atom. The average molecular weight is 766 g/mol. The third-order valence-electron chi connectivity index (χ3n) is 11.6. The maximum Gasteiger partial charge on any atom is 0.137 e. The van der Waals surface area contributed by atoms with Crippen molar-refractivity contribution in [2.24, 2.45) is 0 Å². The highest BCUT2D eigenvalue weighted by atomic mass is 16.3. The van der Waals surface area contributed by atoms with Gasteiger partial charge in [-0.2, -0.15) is 0 Å². The Kier molecular flexibility index (Phi) is 8.87. The smallest absolute Gasteiger partial charge is 0.137 e. The molecule has 0 fully saturated rings. The number of rotatable bonds is 8. The van der Waals surface area contributed by atoms with Crippen LogP contribution in [0.3, 0.4) is 0 Å². The molecule has 0 unspecified atom stereocenters.